The van der Waals surface area contributed by atoms with Crippen molar-refractivity contribution in [3.05, 3.63) is 29.6 Å². The van der Waals surface area contributed by atoms with E-state index in [1.807, 2.05) is 0 Å². The topological polar surface area (TPSA) is 61.0 Å². The zero-order valence-corrected chi connectivity index (χ0v) is 21.5. The van der Waals surface area contributed by atoms with Gasteiger partial charge in [0.05, 0.1) is 11.4 Å². The SMILES string of the molecule is C[C@@H]1NC2CCCC[C@H]2NCCNC2CCCC[C@H]2N[C@H](C)c2cccc1n2.[Cl][Mn][Cl]. The van der Waals surface area contributed by atoms with Crippen molar-refractivity contribution in [2.45, 2.75) is 101 Å². The van der Waals surface area contributed by atoms with Crippen LogP contribution in [0.25, 0.3) is 0 Å². The summed E-state index contributed by atoms with van der Waals surface area (Å²) >= 11 is 0.00694. The molecule has 4 N–H and O–H groups in total. The third-order valence-corrected chi connectivity index (χ3v) is 7.08. The Morgan fingerprint density at radius 1 is 0.742 bits per heavy atom. The van der Waals surface area contributed by atoms with Gasteiger partial charge in [0.25, 0.3) is 0 Å². The Bertz CT molecular complexity index is 603. The fraction of sp³-hybridized carbons (Fsp3) is 0.783. The molecule has 2 bridgehead atoms. The van der Waals surface area contributed by atoms with Gasteiger partial charge in [0.1, 0.15) is 0 Å². The second-order valence-electron chi connectivity index (χ2n) is 9.22. The molecule has 0 saturated heterocycles. The molecule has 2 unspecified atom stereocenters. The zero-order chi connectivity index (χ0) is 22.1. The average molecular weight is 511 g/mol. The van der Waals surface area contributed by atoms with Crippen LogP contribution in [0.3, 0.4) is 0 Å². The number of nitrogens with zero attached hydrogens (tertiary/aromatic N) is 1. The number of rotatable bonds is 0. The molecule has 2 saturated carbocycles. The second-order valence-corrected chi connectivity index (χ2v) is 11.2. The molecule has 8 heteroatoms. The van der Waals surface area contributed by atoms with Crippen molar-refractivity contribution < 1.29 is 13.1 Å². The van der Waals surface area contributed by atoms with Gasteiger partial charge in [0.15, 0.2) is 0 Å². The summed E-state index contributed by atoms with van der Waals surface area (Å²) in [5, 5.41) is 15.5. The van der Waals surface area contributed by atoms with Crippen molar-refractivity contribution in [3.8, 4) is 0 Å². The second kappa shape index (κ2) is 13.7. The van der Waals surface area contributed by atoms with Gasteiger partial charge in [-0.05, 0) is 51.7 Å². The van der Waals surface area contributed by atoms with Crippen LogP contribution >= 0.6 is 20.2 Å². The van der Waals surface area contributed by atoms with Gasteiger partial charge in [-0.25, -0.2) is 0 Å². The molecule has 2 heterocycles. The zero-order valence-electron chi connectivity index (χ0n) is 18.8. The van der Waals surface area contributed by atoms with Crippen molar-refractivity contribution in [2.24, 2.45) is 0 Å². The number of hydrogen-bond donors (Lipinski definition) is 4. The summed E-state index contributed by atoms with van der Waals surface area (Å²) in [6, 6.07) is 9.34. The summed E-state index contributed by atoms with van der Waals surface area (Å²) < 4.78 is 0. The molecule has 4 rings (SSSR count). The Morgan fingerprint density at radius 3 is 1.55 bits per heavy atom. The van der Waals surface area contributed by atoms with E-state index < -0.39 is 0 Å². The molecule has 6 atom stereocenters. The van der Waals surface area contributed by atoms with Crippen molar-refractivity contribution in [2.75, 3.05) is 13.1 Å². The molecule has 31 heavy (non-hydrogen) atoms. The van der Waals surface area contributed by atoms with Gasteiger partial charge in [0.2, 0.25) is 0 Å². The fourth-order valence-corrected chi connectivity index (χ4v) is 5.43. The van der Waals surface area contributed by atoms with Crippen molar-refractivity contribution in [3.63, 3.8) is 0 Å². The van der Waals surface area contributed by atoms with E-state index in [2.05, 4.69) is 53.3 Å². The molecule has 0 amide bonds. The van der Waals surface area contributed by atoms with E-state index in [-0.39, 0.29) is 25.2 Å². The number of aromatic nitrogens is 1. The van der Waals surface area contributed by atoms with Crippen LogP contribution in [0, 0.1) is 0 Å². The Balaban J connectivity index is 0.000000858. The van der Waals surface area contributed by atoms with Crippen molar-refractivity contribution in [1.29, 1.82) is 0 Å². The molecule has 3 aliphatic rings. The number of hydrogen-bond acceptors (Lipinski definition) is 5. The molecule has 2 aliphatic carbocycles. The fourth-order valence-electron chi connectivity index (χ4n) is 5.43. The van der Waals surface area contributed by atoms with Gasteiger partial charge < -0.3 is 21.3 Å². The van der Waals surface area contributed by atoms with E-state index in [4.69, 9.17) is 25.2 Å². The molecule has 1 aromatic heterocycles. The molecule has 0 aromatic carbocycles. The summed E-state index contributed by atoms with van der Waals surface area (Å²) in [6.45, 7) is 6.66. The van der Waals surface area contributed by atoms with Gasteiger partial charge >= 0.3 is 33.3 Å². The summed E-state index contributed by atoms with van der Waals surface area (Å²) in [5.74, 6) is 0. The Kier molecular flexibility index (Phi) is 11.4. The van der Waals surface area contributed by atoms with E-state index in [0.29, 0.717) is 24.2 Å². The Labute approximate surface area is 203 Å². The van der Waals surface area contributed by atoms with Crippen LogP contribution in [0.4, 0.5) is 0 Å². The van der Waals surface area contributed by atoms with Crippen molar-refractivity contribution in [1.82, 2.24) is 26.3 Å². The third kappa shape index (κ3) is 7.82. The van der Waals surface area contributed by atoms with Crippen LogP contribution in [-0.2, 0) is 13.1 Å². The molecular formula is C23H39Cl2MnN5. The van der Waals surface area contributed by atoms with Crippen molar-refractivity contribution >= 4 is 20.2 Å². The van der Waals surface area contributed by atoms with E-state index in [0.717, 1.165) is 13.1 Å². The number of nitrogens with one attached hydrogen (secondary N) is 4. The number of halogens is 2. The van der Waals surface area contributed by atoms with E-state index in [1.54, 1.807) is 0 Å². The predicted octanol–water partition coefficient (Wildman–Crippen LogP) is 4.57. The van der Waals surface area contributed by atoms with Gasteiger partial charge in [-0.2, -0.15) is 0 Å². The molecule has 1 aromatic rings. The Morgan fingerprint density at radius 2 is 1.13 bits per heavy atom. The van der Waals surface area contributed by atoms with Gasteiger partial charge in [-0.1, -0.05) is 31.7 Å². The molecule has 2 fully saturated rings. The van der Waals surface area contributed by atoms with Crippen LogP contribution in [0.5, 0.6) is 0 Å². The van der Waals surface area contributed by atoms with E-state index in [1.165, 1.54) is 62.8 Å². The van der Waals surface area contributed by atoms with Gasteiger partial charge in [-0.15, -0.1) is 0 Å². The summed E-state index contributed by atoms with van der Waals surface area (Å²) in [6.07, 6.45) is 10.4. The van der Waals surface area contributed by atoms with Crippen LogP contribution in [0.15, 0.2) is 18.2 Å². The molecule has 0 spiro atoms. The van der Waals surface area contributed by atoms with E-state index >= 15 is 0 Å². The monoisotopic (exact) mass is 510 g/mol. The average Bonchev–Trinajstić information content (AvgIpc) is 2.79. The summed E-state index contributed by atoms with van der Waals surface area (Å²) in [4.78, 5) is 5.06. The number of pyridine rings is 1. The molecule has 0 radical (unpaired) electrons. The van der Waals surface area contributed by atoms with Crippen LogP contribution in [-0.4, -0.2) is 42.2 Å². The first kappa shape index (κ1) is 25.7. The molecule has 1 aliphatic heterocycles. The minimum absolute atomic E-state index is 0.00694. The summed E-state index contributed by atoms with van der Waals surface area (Å²) in [5.41, 5.74) is 2.34. The maximum atomic E-state index is 5.06. The van der Waals surface area contributed by atoms with Gasteiger partial charge in [-0.3, -0.25) is 4.98 Å². The first-order valence-electron chi connectivity index (χ1n) is 11.9. The first-order valence-corrected chi connectivity index (χ1v) is 15.2. The van der Waals surface area contributed by atoms with E-state index in [9.17, 15) is 0 Å². The van der Waals surface area contributed by atoms with Crippen LogP contribution in [0.2, 0.25) is 0 Å². The van der Waals surface area contributed by atoms with Gasteiger partial charge in [0, 0.05) is 49.3 Å². The standard InChI is InChI=1S/C23H39N5.2ClH.Mn/c1-16-18-12-7-13-19(28-18)17(2)27-23-11-6-4-9-21(23)25-15-14-24-20-8-3-5-10-22(20)26-16;;;/h7,12-13,16-17,20-27H,3-6,8-11,14-15H2,1-2H3;2*1H;/q;;;+2/p-2/t16-,17+,20+,21?,22?,23+;;;/m0.../s1. The normalized spacial score (nSPS) is 34.7. The molecule has 177 valence electrons. The van der Waals surface area contributed by atoms with Crippen LogP contribution in [0.1, 0.15) is 88.7 Å². The Hall–Kier alpha value is 0.0895. The first-order chi connectivity index (χ1) is 15.1. The molecular weight excluding hydrogens is 472 g/mol. The minimum atomic E-state index is 0.00694. The maximum absolute atomic E-state index is 5.06. The predicted molar refractivity (Wildman–Crippen MR) is 127 cm³/mol. The third-order valence-electron chi connectivity index (χ3n) is 7.08. The number of fused-ring (bicyclic) bond motifs is 4. The van der Waals surface area contributed by atoms with Crippen LogP contribution < -0.4 is 21.3 Å². The molecule has 5 nitrogen and oxygen atoms in total. The quantitative estimate of drug-likeness (QED) is 0.385. The summed E-state index contributed by atoms with van der Waals surface area (Å²) in [7, 11) is 9.59.